The zero-order valence-corrected chi connectivity index (χ0v) is 14.0. The highest BCUT2D eigenvalue weighted by Crippen LogP contribution is 2.16. The minimum atomic E-state index is -0.466. The van der Waals surface area contributed by atoms with Crippen LogP contribution in [-0.4, -0.2) is 24.1 Å². The van der Waals surface area contributed by atoms with Crippen LogP contribution in [0.2, 0.25) is 0 Å². The molecule has 0 radical (unpaired) electrons. The Morgan fingerprint density at radius 1 is 1.07 bits per heavy atom. The zero-order valence-electron chi connectivity index (χ0n) is 14.0. The molecular formula is C19H13N5O3. The van der Waals surface area contributed by atoms with Gasteiger partial charge in [0, 0.05) is 42.9 Å². The first-order valence-electron chi connectivity index (χ1n) is 8.06. The van der Waals surface area contributed by atoms with Gasteiger partial charge in [-0.1, -0.05) is 12.1 Å². The first-order valence-corrected chi connectivity index (χ1v) is 8.06. The van der Waals surface area contributed by atoms with Gasteiger partial charge in [-0.05, 0) is 29.8 Å². The number of benzene rings is 1. The minimum Gasteiger partial charge on any atom is -0.267 e. The van der Waals surface area contributed by atoms with Gasteiger partial charge < -0.3 is 0 Å². The average molecular weight is 359 g/mol. The first-order chi connectivity index (χ1) is 13.1. The predicted molar refractivity (Wildman–Crippen MR) is 101 cm³/mol. The lowest BCUT2D eigenvalue weighted by molar-refractivity contribution is -0.384. The molecule has 8 heteroatoms. The molecule has 3 aromatic heterocycles. The molecule has 0 aliphatic carbocycles. The molecule has 0 unspecified atom stereocenters. The van der Waals surface area contributed by atoms with E-state index in [9.17, 15) is 14.9 Å². The van der Waals surface area contributed by atoms with E-state index in [1.54, 1.807) is 47.5 Å². The van der Waals surface area contributed by atoms with Crippen molar-refractivity contribution in [2.24, 2.45) is 0 Å². The Morgan fingerprint density at radius 2 is 1.89 bits per heavy atom. The quantitative estimate of drug-likeness (QED) is 0.412. The van der Waals surface area contributed by atoms with Gasteiger partial charge in [0.15, 0.2) is 5.65 Å². The standard InChI is InChI=1S/C19H13N5O3/c25-19-12-15(4-3-14-2-1-10-20-13-14)21-18-9-11-22(23(18)19)16-5-7-17(8-6-16)24(26)27/h1-13H. The first kappa shape index (κ1) is 16.4. The molecule has 0 saturated carbocycles. The fourth-order valence-corrected chi connectivity index (χ4v) is 2.71. The second kappa shape index (κ2) is 6.68. The van der Waals surface area contributed by atoms with Crippen LogP contribution in [0.25, 0.3) is 23.5 Å². The van der Waals surface area contributed by atoms with E-state index in [0.29, 0.717) is 17.0 Å². The molecular weight excluding hydrogens is 346 g/mol. The SMILES string of the molecule is O=c1cc(C=Cc2cccnc2)nc2ccn(-c3ccc([N+](=O)[O-])cc3)n12. The summed E-state index contributed by atoms with van der Waals surface area (Å²) in [5.41, 5.74) is 2.27. The molecule has 3 heterocycles. The molecule has 0 aliphatic heterocycles. The Kier molecular flexibility index (Phi) is 4.06. The van der Waals surface area contributed by atoms with E-state index in [-0.39, 0.29) is 11.2 Å². The van der Waals surface area contributed by atoms with E-state index < -0.39 is 4.92 Å². The van der Waals surface area contributed by atoms with Gasteiger partial charge in [0.05, 0.1) is 16.3 Å². The minimum absolute atomic E-state index is 0.0106. The van der Waals surface area contributed by atoms with Gasteiger partial charge in [0.2, 0.25) is 0 Å². The van der Waals surface area contributed by atoms with Crippen molar-refractivity contribution in [2.45, 2.75) is 0 Å². The summed E-state index contributed by atoms with van der Waals surface area (Å²) in [5.74, 6) is 0. The maximum atomic E-state index is 12.6. The molecule has 0 N–H and O–H groups in total. The van der Waals surface area contributed by atoms with Gasteiger partial charge in [-0.2, -0.15) is 4.52 Å². The molecule has 0 fully saturated rings. The monoisotopic (exact) mass is 359 g/mol. The fourth-order valence-electron chi connectivity index (χ4n) is 2.71. The number of nitrogens with zero attached hydrogens (tertiary/aromatic N) is 5. The maximum Gasteiger partial charge on any atom is 0.273 e. The van der Waals surface area contributed by atoms with Crippen LogP contribution in [0.5, 0.6) is 0 Å². The molecule has 0 saturated heterocycles. The van der Waals surface area contributed by atoms with Gasteiger partial charge in [-0.15, -0.1) is 0 Å². The summed E-state index contributed by atoms with van der Waals surface area (Å²) < 4.78 is 3.01. The van der Waals surface area contributed by atoms with Crippen LogP contribution < -0.4 is 5.56 Å². The number of nitro benzene ring substituents is 1. The number of hydrogen-bond acceptors (Lipinski definition) is 5. The van der Waals surface area contributed by atoms with Gasteiger partial charge in [0.1, 0.15) is 0 Å². The Bertz CT molecular complexity index is 1210. The highest BCUT2D eigenvalue weighted by Gasteiger charge is 2.09. The van der Waals surface area contributed by atoms with Crippen molar-refractivity contribution in [1.82, 2.24) is 19.2 Å². The third-order valence-corrected chi connectivity index (χ3v) is 3.98. The number of hydrogen-bond donors (Lipinski definition) is 0. The Labute approximate surface area is 152 Å². The molecule has 0 aliphatic rings. The number of aromatic nitrogens is 4. The van der Waals surface area contributed by atoms with Crippen molar-refractivity contribution in [1.29, 1.82) is 0 Å². The summed E-state index contributed by atoms with van der Waals surface area (Å²) in [6.45, 7) is 0. The smallest absolute Gasteiger partial charge is 0.267 e. The van der Waals surface area contributed by atoms with Crippen LogP contribution in [0.15, 0.2) is 71.9 Å². The summed E-state index contributed by atoms with van der Waals surface area (Å²) in [4.78, 5) is 31.4. The molecule has 4 rings (SSSR count). The lowest BCUT2D eigenvalue weighted by atomic mass is 10.2. The lowest BCUT2D eigenvalue weighted by Gasteiger charge is -2.06. The number of non-ortho nitro benzene ring substituents is 1. The van der Waals surface area contributed by atoms with Gasteiger partial charge in [-0.25, -0.2) is 4.98 Å². The molecule has 0 atom stereocenters. The zero-order chi connectivity index (χ0) is 18.8. The number of rotatable bonds is 4. The molecule has 0 spiro atoms. The highest BCUT2D eigenvalue weighted by molar-refractivity contribution is 5.68. The van der Waals surface area contributed by atoms with Crippen LogP contribution >= 0.6 is 0 Å². The van der Waals surface area contributed by atoms with Crippen molar-refractivity contribution in [3.63, 3.8) is 0 Å². The van der Waals surface area contributed by atoms with Gasteiger partial charge >= 0.3 is 0 Å². The molecule has 0 bridgehead atoms. The van der Waals surface area contributed by atoms with Crippen molar-refractivity contribution in [3.8, 4) is 5.69 Å². The number of fused-ring (bicyclic) bond motifs is 1. The maximum absolute atomic E-state index is 12.6. The summed E-state index contributed by atoms with van der Waals surface area (Å²) in [6, 6.07) is 12.8. The van der Waals surface area contributed by atoms with E-state index in [2.05, 4.69) is 9.97 Å². The molecule has 132 valence electrons. The van der Waals surface area contributed by atoms with Crippen LogP contribution in [0.3, 0.4) is 0 Å². The van der Waals surface area contributed by atoms with E-state index in [1.165, 1.54) is 22.7 Å². The average Bonchev–Trinajstić information content (AvgIpc) is 3.12. The summed E-state index contributed by atoms with van der Waals surface area (Å²) in [6.07, 6.45) is 8.68. The largest absolute Gasteiger partial charge is 0.273 e. The molecule has 8 nitrogen and oxygen atoms in total. The fraction of sp³-hybridized carbons (Fsp3) is 0. The van der Waals surface area contributed by atoms with E-state index in [4.69, 9.17) is 0 Å². The van der Waals surface area contributed by atoms with Crippen LogP contribution in [0.1, 0.15) is 11.3 Å². The Morgan fingerprint density at radius 3 is 2.59 bits per heavy atom. The predicted octanol–water partition coefficient (Wildman–Crippen LogP) is 2.96. The van der Waals surface area contributed by atoms with Gasteiger partial charge in [-0.3, -0.25) is 24.6 Å². The molecule has 27 heavy (non-hydrogen) atoms. The highest BCUT2D eigenvalue weighted by atomic mass is 16.6. The lowest BCUT2D eigenvalue weighted by Crippen LogP contribution is -2.19. The van der Waals surface area contributed by atoms with Crippen molar-refractivity contribution < 1.29 is 4.92 Å². The van der Waals surface area contributed by atoms with Crippen molar-refractivity contribution in [3.05, 3.63) is 98.8 Å². The van der Waals surface area contributed by atoms with Crippen LogP contribution in [0.4, 0.5) is 5.69 Å². The third kappa shape index (κ3) is 3.23. The summed E-state index contributed by atoms with van der Waals surface area (Å²) in [7, 11) is 0. The van der Waals surface area contributed by atoms with Gasteiger partial charge in [0.25, 0.3) is 11.2 Å². The van der Waals surface area contributed by atoms with E-state index >= 15 is 0 Å². The van der Waals surface area contributed by atoms with Crippen LogP contribution in [-0.2, 0) is 0 Å². The topological polar surface area (TPSA) is 95.3 Å². The normalized spacial score (nSPS) is 11.3. The second-order valence-electron chi connectivity index (χ2n) is 5.74. The molecule has 4 aromatic rings. The number of nitro groups is 1. The van der Waals surface area contributed by atoms with Crippen molar-refractivity contribution >= 4 is 23.5 Å². The molecule has 0 amide bonds. The Hall–Kier alpha value is -4.07. The summed E-state index contributed by atoms with van der Waals surface area (Å²) >= 11 is 0. The van der Waals surface area contributed by atoms with Crippen LogP contribution in [0, 0.1) is 10.1 Å². The molecule has 1 aromatic carbocycles. The van der Waals surface area contributed by atoms with Crippen molar-refractivity contribution in [2.75, 3.05) is 0 Å². The summed E-state index contributed by atoms with van der Waals surface area (Å²) in [5, 5.41) is 10.8. The number of pyridine rings is 1. The van der Waals surface area contributed by atoms with E-state index in [0.717, 1.165) is 5.56 Å². The second-order valence-corrected chi connectivity index (χ2v) is 5.74. The van der Waals surface area contributed by atoms with E-state index in [1.807, 2.05) is 18.2 Å². The third-order valence-electron chi connectivity index (χ3n) is 3.98. The Balaban J connectivity index is 1.72.